The van der Waals surface area contributed by atoms with Crippen molar-refractivity contribution in [3.05, 3.63) is 47.9 Å². The van der Waals surface area contributed by atoms with Gasteiger partial charge in [0.1, 0.15) is 11.5 Å². The molecule has 0 atom stereocenters. The lowest BCUT2D eigenvalue weighted by molar-refractivity contribution is 0.414. The minimum Gasteiger partial charge on any atom is -0.497 e. The fraction of sp³-hybridized carbons (Fsp3) is 0.412. The van der Waals surface area contributed by atoms with Gasteiger partial charge in [0.15, 0.2) is 0 Å². The zero-order chi connectivity index (χ0) is 15.1. The van der Waals surface area contributed by atoms with Crippen LogP contribution in [-0.4, -0.2) is 20.7 Å². The van der Waals surface area contributed by atoms with Gasteiger partial charge in [0.05, 0.1) is 19.9 Å². The number of hydrogen-bond donors (Lipinski definition) is 1. The minimum atomic E-state index is 0.739. The van der Waals surface area contributed by atoms with Crippen molar-refractivity contribution in [3.8, 4) is 5.75 Å². The van der Waals surface area contributed by atoms with E-state index >= 15 is 0 Å². The maximum atomic E-state index is 5.63. The van der Waals surface area contributed by atoms with Crippen LogP contribution in [0, 0.1) is 0 Å². The maximum absolute atomic E-state index is 5.63. The molecule has 0 unspecified atom stereocenters. The lowest BCUT2D eigenvalue weighted by Crippen LogP contribution is -2.19. The summed E-state index contributed by atoms with van der Waals surface area (Å²) in [7, 11) is 3.74. The second-order valence-electron chi connectivity index (χ2n) is 5.10. The summed E-state index contributed by atoms with van der Waals surface area (Å²) in [5.41, 5.74) is 2.33. The molecular weight excluding hydrogens is 264 g/mol. The average Bonchev–Trinajstić information content (AvgIpc) is 2.95. The molecule has 0 aliphatic rings. The largest absolute Gasteiger partial charge is 0.497 e. The second-order valence-corrected chi connectivity index (χ2v) is 5.10. The summed E-state index contributed by atoms with van der Waals surface area (Å²) in [4.78, 5) is 2.16. The molecule has 2 aromatic rings. The van der Waals surface area contributed by atoms with Crippen LogP contribution in [0.2, 0.25) is 0 Å². The monoisotopic (exact) mass is 288 g/mol. The molecule has 21 heavy (non-hydrogen) atoms. The van der Waals surface area contributed by atoms with Gasteiger partial charge in [-0.25, -0.2) is 0 Å². The first-order chi connectivity index (χ1) is 10.2. The van der Waals surface area contributed by atoms with Gasteiger partial charge in [-0.1, -0.05) is 13.0 Å². The van der Waals surface area contributed by atoms with Gasteiger partial charge in [0.2, 0.25) is 0 Å². The van der Waals surface area contributed by atoms with Crippen molar-refractivity contribution in [1.29, 1.82) is 0 Å². The molecule has 4 heteroatoms. The van der Waals surface area contributed by atoms with E-state index in [9.17, 15) is 0 Å². The second kappa shape index (κ2) is 7.74. The Morgan fingerprint density at radius 2 is 2.14 bits per heavy atom. The van der Waals surface area contributed by atoms with Crippen LogP contribution >= 0.6 is 0 Å². The molecule has 0 spiro atoms. The van der Waals surface area contributed by atoms with E-state index < -0.39 is 0 Å². The van der Waals surface area contributed by atoms with E-state index in [1.165, 1.54) is 5.56 Å². The molecule has 0 aliphatic heterocycles. The highest BCUT2D eigenvalue weighted by molar-refractivity contribution is 5.50. The van der Waals surface area contributed by atoms with Crippen molar-refractivity contribution in [2.24, 2.45) is 0 Å². The van der Waals surface area contributed by atoms with Crippen molar-refractivity contribution >= 4 is 5.69 Å². The molecule has 1 aromatic heterocycles. The average molecular weight is 288 g/mol. The smallest absolute Gasteiger partial charge is 0.127 e. The van der Waals surface area contributed by atoms with Crippen LogP contribution in [-0.2, 0) is 13.1 Å². The van der Waals surface area contributed by atoms with E-state index in [4.69, 9.17) is 9.15 Å². The zero-order valence-corrected chi connectivity index (χ0v) is 13.1. The molecule has 4 nitrogen and oxygen atoms in total. The van der Waals surface area contributed by atoms with E-state index in [1.54, 1.807) is 13.4 Å². The first-order valence-electron chi connectivity index (χ1n) is 7.35. The Morgan fingerprint density at radius 3 is 2.90 bits per heavy atom. The summed E-state index contributed by atoms with van der Waals surface area (Å²) in [6.07, 6.45) is 2.90. The fourth-order valence-electron chi connectivity index (χ4n) is 2.22. The molecule has 0 aliphatic carbocycles. The molecule has 0 radical (unpaired) electrons. The Hall–Kier alpha value is -1.94. The molecule has 114 valence electrons. The topological polar surface area (TPSA) is 37.6 Å². The molecule has 0 saturated heterocycles. The Bertz CT molecular complexity index is 551. The predicted octanol–water partition coefficient (Wildman–Crippen LogP) is 3.42. The van der Waals surface area contributed by atoms with Crippen LogP contribution in [0.15, 0.2) is 41.0 Å². The Balaban J connectivity index is 2.02. The Labute approximate surface area is 126 Å². The lowest BCUT2D eigenvalue weighted by Gasteiger charge is -2.19. The van der Waals surface area contributed by atoms with E-state index in [-0.39, 0.29) is 0 Å². The predicted molar refractivity (Wildman–Crippen MR) is 85.8 cm³/mol. The zero-order valence-electron chi connectivity index (χ0n) is 13.1. The van der Waals surface area contributed by atoms with Gasteiger partial charge in [0.25, 0.3) is 0 Å². The third-order valence-corrected chi connectivity index (χ3v) is 3.45. The van der Waals surface area contributed by atoms with Gasteiger partial charge in [-0.3, -0.25) is 0 Å². The number of hydrogen-bond acceptors (Lipinski definition) is 4. The van der Waals surface area contributed by atoms with E-state index in [0.29, 0.717) is 0 Å². The summed E-state index contributed by atoms with van der Waals surface area (Å²) in [5, 5.41) is 3.41. The SMILES string of the molecule is CCCNCc1ccoc1CN(C)c1cccc(OC)c1. The molecule has 0 amide bonds. The highest BCUT2D eigenvalue weighted by Gasteiger charge is 2.10. The molecule has 1 heterocycles. The van der Waals surface area contributed by atoms with Crippen LogP contribution in [0.4, 0.5) is 5.69 Å². The van der Waals surface area contributed by atoms with Crippen molar-refractivity contribution < 1.29 is 9.15 Å². The number of rotatable bonds is 8. The van der Waals surface area contributed by atoms with Crippen molar-refractivity contribution in [1.82, 2.24) is 5.32 Å². The van der Waals surface area contributed by atoms with Crippen molar-refractivity contribution in [2.45, 2.75) is 26.4 Å². The molecule has 0 saturated carbocycles. The molecular formula is C17H24N2O2. The standard InChI is InChI=1S/C17H24N2O2/c1-4-9-18-12-14-8-10-21-17(14)13-19(2)15-6-5-7-16(11-15)20-3/h5-8,10-11,18H,4,9,12-13H2,1-3H3. The molecule has 2 rings (SSSR count). The maximum Gasteiger partial charge on any atom is 0.127 e. The first-order valence-corrected chi connectivity index (χ1v) is 7.35. The van der Waals surface area contributed by atoms with Crippen LogP contribution in [0.25, 0.3) is 0 Å². The number of anilines is 1. The van der Waals surface area contributed by atoms with Crippen molar-refractivity contribution in [2.75, 3.05) is 25.6 Å². The van der Waals surface area contributed by atoms with Gasteiger partial charge in [-0.2, -0.15) is 0 Å². The lowest BCUT2D eigenvalue weighted by atomic mass is 10.2. The van der Waals surface area contributed by atoms with Crippen molar-refractivity contribution in [3.63, 3.8) is 0 Å². The molecule has 1 aromatic carbocycles. The van der Waals surface area contributed by atoms with Gasteiger partial charge >= 0.3 is 0 Å². The third-order valence-electron chi connectivity index (χ3n) is 3.45. The van der Waals surface area contributed by atoms with Gasteiger partial charge in [-0.05, 0) is 31.2 Å². The van der Waals surface area contributed by atoms with Crippen LogP contribution in [0.1, 0.15) is 24.7 Å². The molecule has 0 fully saturated rings. The fourth-order valence-corrected chi connectivity index (χ4v) is 2.22. The summed E-state index contributed by atoms with van der Waals surface area (Å²) in [6, 6.07) is 10.1. The third kappa shape index (κ3) is 4.26. The molecule has 0 bridgehead atoms. The normalized spacial score (nSPS) is 10.6. The number of nitrogens with zero attached hydrogens (tertiary/aromatic N) is 1. The summed E-state index contributed by atoms with van der Waals surface area (Å²) >= 11 is 0. The summed E-state index contributed by atoms with van der Waals surface area (Å²) < 4.78 is 10.9. The highest BCUT2D eigenvalue weighted by Crippen LogP contribution is 2.22. The van der Waals surface area contributed by atoms with E-state index in [0.717, 1.165) is 43.3 Å². The Kier molecular flexibility index (Phi) is 5.69. The number of ether oxygens (including phenoxy) is 1. The van der Waals surface area contributed by atoms with Crippen LogP contribution < -0.4 is 15.0 Å². The highest BCUT2D eigenvalue weighted by atomic mass is 16.5. The van der Waals surface area contributed by atoms with Crippen LogP contribution in [0.3, 0.4) is 0 Å². The van der Waals surface area contributed by atoms with E-state index in [1.807, 2.05) is 24.3 Å². The number of nitrogens with one attached hydrogen (secondary N) is 1. The number of benzene rings is 1. The number of furan rings is 1. The minimum absolute atomic E-state index is 0.739. The van der Waals surface area contributed by atoms with E-state index in [2.05, 4.69) is 30.3 Å². The van der Waals surface area contributed by atoms with Gasteiger partial charge in [-0.15, -0.1) is 0 Å². The number of methoxy groups -OCH3 is 1. The summed E-state index contributed by atoms with van der Waals surface area (Å²) in [6.45, 7) is 4.78. The summed E-state index contributed by atoms with van der Waals surface area (Å²) in [5.74, 6) is 1.87. The van der Waals surface area contributed by atoms with Gasteiger partial charge in [0, 0.05) is 30.9 Å². The van der Waals surface area contributed by atoms with Gasteiger partial charge < -0.3 is 19.4 Å². The first kappa shape index (κ1) is 15.4. The quantitative estimate of drug-likeness (QED) is 0.755. The molecule has 1 N–H and O–H groups in total. The van der Waals surface area contributed by atoms with Crippen LogP contribution in [0.5, 0.6) is 5.75 Å². The Morgan fingerprint density at radius 1 is 1.29 bits per heavy atom.